The molecule has 0 aliphatic carbocycles. The zero-order chi connectivity index (χ0) is 18.4. The summed E-state index contributed by atoms with van der Waals surface area (Å²) >= 11 is 0. The second-order valence-corrected chi connectivity index (χ2v) is 6.97. The Labute approximate surface area is 156 Å². The summed E-state index contributed by atoms with van der Waals surface area (Å²) < 4.78 is 0. The van der Waals surface area contributed by atoms with E-state index in [1.807, 2.05) is 37.3 Å². The molecule has 0 saturated carbocycles. The van der Waals surface area contributed by atoms with Crippen molar-refractivity contribution in [2.75, 3.05) is 39.3 Å². The van der Waals surface area contributed by atoms with Crippen LogP contribution in [0.5, 0.6) is 0 Å². The molecule has 26 heavy (non-hydrogen) atoms. The summed E-state index contributed by atoms with van der Waals surface area (Å²) in [6.45, 7) is 10.2. The molecule has 0 radical (unpaired) electrons. The third-order valence-corrected chi connectivity index (χ3v) is 5.25. The van der Waals surface area contributed by atoms with E-state index in [4.69, 9.17) is 0 Å². The molecule has 1 atom stereocenters. The Morgan fingerprint density at radius 2 is 1.65 bits per heavy atom. The molecule has 0 spiro atoms. The van der Waals surface area contributed by atoms with E-state index in [9.17, 15) is 4.79 Å². The van der Waals surface area contributed by atoms with Gasteiger partial charge in [-0.15, -0.1) is 0 Å². The van der Waals surface area contributed by atoms with Crippen molar-refractivity contribution in [2.24, 2.45) is 0 Å². The lowest BCUT2D eigenvalue weighted by atomic mass is 10.0. The molecular weight excluding hydrogens is 322 g/mol. The van der Waals surface area contributed by atoms with Crippen LogP contribution in [-0.4, -0.2) is 55.0 Å². The highest BCUT2D eigenvalue weighted by Gasteiger charge is 2.25. The highest BCUT2D eigenvalue weighted by Crippen LogP contribution is 2.21. The van der Waals surface area contributed by atoms with Crippen LogP contribution in [0, 0.1) is 6.92 Å². The first kappa shape index (κ1) is 18.6. The Morgan fingerprint density at radius 3 is 2.27 bits per heavy atom. The van der Waals surface area contributed by atoms with Gasteiger partial charge in [0.1, 0.15) is 0 Å². The van der Waals surface area contributed by atoms with Crippen molar-refractivity contribution < 1.29 is 4.79 Å². The topological polar surface area (TPSA) is 35.6 Å². The molecule has 1 aliphatic rings. The van der Waals surface area contributed by atoms with E-state index < -0.39 is 0 Å². The number of nitrogens with zero attached hydrogens (tertiary/aromatic N) is 2. The van der Waals surface area contributed by atoms with Crippen molar-refractivity contribution in [3.05, 3.63) is 71.3 Å². The number of amides is 1. The van der Waals surface area contributed by atoms with Crippen LogP contribution in [-0.2, 0) is 0 Å². The number of hydrogen-bond donors (Lipinski definition) is 1. The predicted octanol–water partition coefficient (Wildman–Crippen LogP) is 3.10. The molecule has 0 aromatic heterocycles. The van der Waals surface area contributed by atoms with Gasteiger partial charge < -0.3 is 10.2 Å². The number of nitrogens with one attached hydrogen (secondary N) is 1. The van der Waals surface area contributed by atoms with Crippen molar-refractivity contribution in [2.45, 2.75) is 19.9 Å². The minimum absolute atomic E-state index is 0.00174. The van der Waals surface area contributed by atoms with E-state index in [0.717, 1.165) is 43.9 Å². The standard InChI is InChI=1S/C22H29N3O/c1-3-24-13-15-25(16-14-24)21(19-7-5-4-6-8-19)17-23-22(26)20-11-9-18(2)10-12-20/h4-12,21H,3,13-17H2,1-2H3,(H,23,26). The van der Waals surface area contributed by atoms with Gasteiger partial charge in [-0.05, 0) is 31.2 Å². The van der Waals surface area contributed by atoms with E-state index in [2.05, 4.69) is 46.3 Å². The van der Waals surface area contributed by atoms with E-state index in [1.54, 1.807) is 0 Å². The summed E-state index contributed by atoms with van der Waals surface area (Å²) in [6.07, 6.45) is 0. The Morgan fingerprint density at radius 1 is 1.00 bits per heavy atom. The van der Waals surface area contributed by atoms with E-state index in [-0.39, 0.29) is 11.9 Å². The molecule has 0 bridgehead atoms. The van der Waals surface area contributed by atoms with Crippen LogP contribution >= 0.6 is 0 Å². The predicted molar refractivity (Wildman–Crippen MR) is 106 cm³/mol. The van der Waals surface area contributed by atoms with Crippen molar-refractivity contribution in [1.29, 1.82) is 0 Å². The highest BCUT2D eigenvalue weighted by atomic mass is 16.1. The molecule has 1 fully saturated rings. The van der Waals surface area contributed by atoms with Gasteiger partial charge in [-0.1, -0.05) is 55.0 Å². The number of rotatable bonds is 6. The number of hydrogen-bond acceptors (Lipinski definition) is 3. The quantitative estimate of drug-likeness (QED) is 0.869. The second-order valence-electron chi connectivity index (χ2n) is 6.97. The minimum atomic E-state index is -0.00174. The summed E-state index contributed by atoms with van der Waals surface area (Å²) in [5.74, 6) is -0.00174. The minimum Gasteiger partial charge on any atom is -0.350 e. The van der Waals surface area contributed by atoms with E-state index in [1.165, 1.54) is 5.56 Å². The van der Waals surface area contributed by atoms with E-state index >= 15 is 0 Å². The van der Waals surface area contributed by atoms with Gasteiger partial charge in [-0.2, -0.15) is 0 Å². The maximum absolute atomic E-state index is 12.5. The maximum atomic E-state index is 12.5. The molecule has 2 aromatic carbocycles. The maximum Gasteiger partial charge on any atom is 0.251 e. The average Bonchev–Trinajstić information content (AvgIpc) is 2.70. The Hall–Kier alpha value is -2.17. The third kappa shape index (κ3) is 4.71. The van der Waals surface area contributed by atoms with Gasteiger partial charge in [0.2, 0.25) is 0 Å². The molecular formula is C22H29N3O. The second kappa shape index (κ2) is 8.97. The van der Waals surface area contributed by atoms with E-state index in [0.29, 0.717) is 6.54 Å². The first-order chi connectivity index (χ1) is 12.7. The first-order valence-corrected chi connectivity index (χ1v) is 9.53. The zero-order valence-corrected chi connectivity index (χ0v) is 15.8. The fourth-order valence-electron chi connectivity index (χ4n) is 3.52. The molecule has 138 valence electrons. The number of aryl methyl sites for hydroxylation is 1. The molecule has 1 heterocycles. The number of benzene rings is 2. The van der Waals surface area contributed by atoms with Crippen LogP contribution in [0.2, 0.25) is 0 Å². The molecule has 1 unspecified atom stereocenters. The summed E-state index contributed by atoms with van der Waals surface area (Å²) in [7, 11) is 0. The molecule has 4 heteroatoms. The largest absolute Gasteiger partial charge is 0.350 e. The van der Waals surface area contributed by atoms with Crippen LogP contribution in [0.25, 0.3) is 0 Å². The summed E-state index contributed by atoms with van der Waals surface area (Å²) in [5, 5.41) is 3.15. The Kier molecular flexibility index (Phi) is 6.42. The number of likely N-dealkylation sites (N-methyl/N-ethyl adjacent to an activating group) is 1. The smallest absolute Gasteiger partial charge is 0.251 e. The Balaban J connectivity index is 1.68. The fraction of sp³-hybridized carbons (Fsp3) is 0.409. The zero-order valence-electron chi connectivity index (χ0n) is 15.8. The lowest BCUT2D eigenvalue weighted by Crippen LogP contribution is -2.49. The van der Waals surface area contributed by atoms with Gasteiger partial charge in [0.15, 0.2) is 0 Å². The number of piperazine rings is 1. The third-order valence-electron chi connectivity index (χ3n) is 5.25. The first-order valence-electron chi connectivity index (χ1n) is 9.53. The summed E-state index contributed by atoms with van der Waals surface area (Å²) in [6, 6.07) is 18.5. The van der Waals surface area contributed by atoms with Crippen LogP contribution in [0.15, 0.2) is 54.6 Å². The van der Waals surface area contributed by atoms with Gasteiger partial charge in [0.05, 0.1) is 6.04 Å². The molecule has 1 saturated heterocycles. The normalized spacial score (nSPS) is 17.0. The summed E-state index contributed by atoms with van der Waals surface area (Å²) in [4.78, 5) is 17.5. The van der Waals surface area contributed by atoms with Crippen LogP contribution in [0.3, 0.4) is 0 Å². The van der Waals surface area contributed by atoms with Gasteiger partial charge in [-0.3, -0.25) is 9.69 Å². The van der Waals surface area contributed by atoms with Gasteiger partial charge in [0, 0.05) is 38.3 Å². The van der Waals surface area contributed by atoms with Crippen LogP contribution in [0.1, 0.15) is 34.5 Å². The molecule has 1 aliphatic heterocycles. The number of carbonyl (C=O) groups is 1. The van der Waals surface area contributed by atoms with Gasteiger partial charge >= 0.3 is 0 Å². The number of carbonyl (C=O) groups excluding carboxylic acids is 1. The fourth-order valence-corrected chi connectivity index (χ4v) is 3.52. The molecule has 1 amide bonds. The Bertz CT molecular complexity index is 691. The lowest BCUT2D eigenvalue weighted by molar-refractivity contribution is 0.0855. The van der Waals surface area contributed by atoms with Gasteiger partial charge in [-0.25, -0.2) is 0 Å². The average molecular weight is 351 g/mol. The van der Waals surface area contributed by atoms with Crippen molar-refractivity contribution in [3.63, 3.8) is 0 Å². The summed E-state index contributed by atoms with van der Waals surface area (Å²) in [5.41, 5.74) is 3.15. The monoisotopic (exact) mass is 351 g/mol. The van der Waals surface area contributed by atoms with Crippen molar-refractivity contribution in [1.82, 2.24) is 15.1 Å². The SMILES string of the molecule is CCN1CCN(C(CNC(=O)c2ccc(C)cc2)c2ccccc2)CC1. The molecule has 3 rings (SSSR count). The van der Waals surface area contributed by atoms with Gasteiger partial charge in [0.25, 0.3) is 5.91 Å². The van der Waals surface area contributed by atoms with Crippen molar-refractivity contribution in [3.8, 4) is 0 Å². The molecule has 1 N–H and O–H groups in total. The van der Waals surface area contributed by atoms with Crippen LogP contribution < -0.4 is 5.32 Å². The molecule has 4 nitrogen and oxygen atoms in total. The van der Waals surface area contributed by atoms with Crippen LogP contribution in [0.4, 0.5) is 0 Å². The highest BCUT2D eigenvalue weighted by molar-refractivity contribution is 5.94. The van der Waals surface area contributed by atoms with Crippen molar-refractivity contribution >= 4 is 5.91 Å². The lowest BCUT2D eigenvalue weighted by Gasteiger charge is -2.39. The molecule has 2 aromatic rings.